The number of aryl methyl sites for hydroxylation is 1. The van der Waals surface area contributed by atoms with Gasteiger partial charge in [0.1, 0.15) is 5.75 Å². The molecule has 2 N–H and O–H groups in total. The van der Waals surface area contributed by atoms with Crippen LogP contribution in [0.1, 0.15) is 21.5 Å². The summed E-state index contributed by atoms with van der Waals surface area (Å²) in [6.45, 7) is 3.68. The number of hydrogen-bond donors (Lipinski definition) is 2. The SMILES string of the molecule is Cc1cccc(NS(=O)(=O)c2ccc(C(=O)Nc3ccc(OCC(=O)N(C)C)cc3)cc2)c1C. The highest BCUT2D eigenvalue weighted by Crippen LogP contribution is 2.23. The Kier molecular flexibility index (Phi) is 7.57. The van der Waals surface area contributed by atoms with Crippen molar-refractivity contribution in [3.8, 4) is 5.75 Å². The minimum absolute atomic E-state index is 0.0544. The molecule has 0 aliphatic heterocycles. The quantitative estimate of drug-likeness (QED) is 0.509. The summed E-state index contributed by atoms with van der Waals surface area (Å²) in [7, 11) is -0.505. The lowest BCUT2D eigenvalue weighted by Crippen LogP contribution is -2.27. The molecule has 0 saturated heterocycles. The van der Waals surface area contributed by atoms with Gasteiger partial charge in [-0.2, -0.15) is 0 Å². The smallest absolute Gasteiger partial charge is 0.261 e. The van der Waals surface area contributed by atoms with Gasteiger partial charge >= 0.3 is 0 Å². The Morgan fingerprint density at radius 2 is 1.56 bits per heavy atom. The number of carbonyl (C=O) groups is 2. The van der Waals surface area contributed by atoms with Gasteiger partial charge in [-0.1, -0.05) is 12.1 Å². The van der Waals surface area contributed by atoms with Gasteiger partial charge in [0.05, 0.1) is 10.6 Å². The van der Waals surface area contributed by atoms with Crippen LogP contribution in [0.4, 0.5) is 11.4 Å². The van der Waals surface area contributed by atoms with Crippen molar-refractivity contribution in [2.24, 2.45) is 0 Å². The van der Waals surface area contributed by atoms with E-state index in [1.807, 2.05) is 19.9 Å². The molecule has 3 rings (SSSR count). The topological polar surface area (TPSA) is 105 Å². The van der Waals surface area contributed by atoms with Crippen LogP contribution in [0.5, 0.6) is 5.75 Å². The van der Waals surface area contributed by atoms with Gasteiger partial charge in [-0.3, -0.25) is 14.3 Å². The second kappa shape index (κ2) is 10.4. The molecule has 178 valence electrons. The standard InChI is InChI=1S/C25H27N3O5S/c1-17-6-5-7-23(18(17)2)27-34(31,32)22-14-8-19(9-15-22)25(30)26-20-10-12-21(13-11-20)33-16-24(29)28(3)4/h5-15,27H,16H2,1-4H3,(H,26,30). The number of nitrogens with one attached hydrogen (secondary N) is 2. The third-order valence-electron chi connectivity index (χ3n) is 5.25. The molecule has 0 spiro atoms. The van der Waals surface area contributed by atoms with E-state index in [4.69, 9.17) is 4.74 Å². The molecule has 0 heterocycles. The fourth-order valence-corrected chi connectivity index (χ4v) is 4.09. The predicted octanol–water partition coefficient (Wildman–Crippen LogP) is 3.82. The van der Waals surface area contributed by atoms with E-state index in [2.05, 4.69) is 10.0 Å². The van der Waals surface area contributed by atoms with E-state index in [0.717, 1.165) is 11.1 Å². The number of likely N-dealkylation sites (N-methyl/N-ethyl adjacent to an activating group) is 1. The van der Waals surface area contributed by atoms with E-state index < -0.39 is 10.0 Å². The summed E-state index contributed by atoms with van der Waals surface area (Å²) >= 11 is 0. The second-order valence-corrected chi connectivity index (χ2v) is 9.62. The van der Waals surface area contributed by atoms with E-state index in [0.29, 0.717) is 22.7 Å². The maximum absolute atomic E-state index is 12.8. The number of hydrogen-bond acceptors (Lipinski definition) is 5. The molecule has 0 bridgehead atoms. The number of nitrogens with zero attached hydrogens (tertiary/aromatic N) is 1. The van der Waals surface area contributed by atoms with E-state index in [1.54, 1.807) is 50.5 Å². The van der Waals surface area contributed by atoms with Crippen molar-refractivity contribution < 1.29 is 22.7 Å². The van der Waals surface area contributed by atoms with Crippen LogP contribution in [0.3, 0.4) is 0 Å². The molecule has 0 atom stereocenters. The van der Waals surface area contributed by atoms with Gasteiger partial charge in [0.25, 0.3) is 21.8 Å². The maximum atomic E-state index is 12.8. The molecule has 0 aliphatic carbocycles. The van der Waals surface area contributed by atoms with Crippen LogP contribution in [0.2, 0.25) is 0 Å². The third kappa shape index (κ3) is 6.14. The average molecular weight is 482 g/mol. The van der Waals surface area contributed by atoms with Crippen LogP contribution in [-0.2, 0) is 14.8 Å². The lowest BCUT2D eigenvalue weighted by molar-refractivity contribution is -0.130. The molecular formula is C25H27N3O5S. The van der Waals surface area contributed by atoms with Crippen LogP contribution in [0.15, 0.2) is 71.6 Å². The van der Waals surface area contributed by atoms with Gasteiger partial charge in [-0.05, 0) is 79.6 Å². The Morgan fingerprint density at radius 3 is 2.18 bits per heavy atom. The molecule has 0 aromatic heterocycles. The minimum Gasteiger partial charge on any atom is -0.484 e. The van der Waals surface area contributed by atoms with E-state index in [1.165, 1.54) is 29.2 Å². The molecule has 0 fully saturated rings. The zero-order valence-corrected chi connectivity index (χ0v) is 20.3. The van der Waals surface area contributed by atoms with E-state index >= 15 is 0 Å². The summed E-state index contributed by atoms with van der Waals surface area (Å²) < 4.78 is 33.5. The first-order valence-corrected chi connectivity index (χ1v) is 12.0. The molecule has 0 saturated carbocycles. The maximum Gasteiger partial charge on any atom is 0.261 e. The lowest BCUT2D eigenvalue weighted by atomic mass is 10.1. The monoisotopic (exact) mass is 481 g/mol. The Bertz CT molecular complexity index is 1290. The van der Waals surface area contributed by atoms with Crippen molar-refractivity contribution in [3.63, 3.8) is 0 Å². The first-order chi connectivity index (χ1) is 16.1. The summed E-state index contributed by atoms with van der Waals surface area (Å²) in [5, 5.41) is 2.75. The predicted molar refractivity (Wildman–Crippen MR) is 132 cm³/mol. The van der Waals surface area contributed by atoms with Crippen LogP contribution in [0, 0.1) is 13.8 Å². The number of carbonyl (C=O) groups excluding carboxylic acids is 2. The summed E-state index contributed by atoms with van der Waals surface area (Å²) in [6.07, 6.45) is 0. The molecule has 0 aliphatic rings. The molecule has 34 heavy (non-hydrogen) atoms. The molecule has 9 heteroatoms. The fraction of sp³-hybridized carbons (Fsp3) is 0.200. The van der Waals surface area contributed by atoms with E-state index in [9.17, 15) is 18.0 Å². The van der Waals surface area contributed by atoms with Crippen LogP contribution in [-0.4, -0.2) is 45.8 Å². The first-order valence-electron chi connectivity index (χ1n) is 10.5. The van der Waals surface area contributed by atoms with Gasteiger partial charge < -0.3 is 15.0 Å². The highest BCUT2D eigenvalue weighted by molar-refractivity contribution is 7.92. The van der Waals surface area contributed by atoms with Crippen molar-refractivity contribution >= 4 is 33.2 Å². The molecule has 2 amide bonds. The minimum atomic E-state index is -3.80. The average Bonchev–Trinajstić information content (AvgIpc) is 2.81. The summed E-state index contributed by atoms with van der Waals surface area (Å²) in [5.74, 6) is -0.0472. The highest BCUT2D eigenvalue weighted by atomic mass is 32.2. The molecule has 3 aromatic rings. The number of rotatable bonds is 8. The normalized spacial score (nSPS) is 10.9. The Labute approximate surface area is 199 Å². The van der Waals surface area contributed by atoms with Crippen molar-refractivity contribution in [2.45, 2.75) is 18.7 Å². The number of sulfonamides is 1. The Hall–Kier alpha value is -3.85. The zero-order chi connectivity index (χ0) is 24.9. The number of benzene rings is 3. The Balaban J connectivity index is 1.63. The molecule has 0 unspecified atom stereocenters. The zero-order valence-electron chi connectivity index (χ0n) is 19.5. The Morgan fingerprint density at radius 1 is 0.912 bits per heavy atom. The van der Waals surface area contributed by atoms with Crippen LogP contribution < -0.4 is 14.8 Å². The van der Waals surface area contributed by atoms with E-state index in [-0.39, 0.29) is 23.3 Å². The summed E-state index contributed by atoms with van der Waals surface area (Å²) in [6, 6.07) is 17.7. The summed E-state index contributed by atoms with van der Waals surface area (Å²) in [4.78, 5) is 25.6. The molecule has 0 radical (unpaired) electrons. The fourth-order valence-electron chi connectivity index (χ4n) is 2.96. The van der Waals surface area contributed by atoms with Crippen molar-refractivity contribution in [1.29, 1.82) is 0 Å². The van der Waals surface area contributed by atoms with Gasteiger partial charge in [-0.15, -0.1) is 0 Å². The first kappa shape index (κ1) is 24.8. The summed E-state index contributed by atoms with van der Waals surface area (Å²) in [5.41, 5.74) is 3.18. The largest absolute Gasteiger partial charge is 0.484 e. The lowest BCUT2D eigenvalue weighted by Gasteiger charge is -2.13. The molecule has 3 aromatic carbocycles. The number of amides is 2. The van der Waals surface area contributed by atoms with Crippen molar-refractivity contribution in [1.82, 2.24) is 4.90 Å². The number of anilines is 2. The molecule has 8 nitrogen and oxygen atoms in total. The highest BCUT2D eigenvalue weighted by Gasteiger charge is 2.17. The molecular weight excluding hydrogens is 454 g/mol. The van der Waals surface area contributed by atoms with Gasteiger partial charge in [-0.25, -0.2) is 8.42 Å². The van der Waals surface area contributed by atoms with Gasteiger partial charge in [0.2, 0.25) is 0 Å². The number of ether oxygens (including phenoxy) is 1. The van der Waals surface area contributed by atoms with Crippen LogP contribution >= 0.6 is 0 Å². The van der Waals surface area contributed by atoms with Crippen molar-refractivity contribution in [2.75, 3.05) is 30.7 Å². The third-order valence-corrected chi connectivity index (χ3v) is 6.63. The van der Waals surface area contributed by atoms with Gasteiger partial charge in [0, 0.05) is 25.3 Å². The van der Waals surface area contributed by atoms with Gasteiger partial charge in [0.15, 0.2) is 6.61 Å². The van der Waals surface area contributed by atoms with Crippen molar-refractivity contribution in [3.05, 3.63) is 83.4 Å². The second-order valence-electron chi connectivity index (χ2n) is 7.93. The van der Waals surface area contributed by atoms with Crippen LogP contribution in [0.25, 0.3) is 0 Å².